The molecule has 3 heterocycles. The van der Waals surface area contributed by atoms with Gasteiger partial charge in [-0.15, -0.1) is 0 Å². The monoisotopic (exact) mass is 413 g/mol. The summed E-state index contributed by atoms with van der Waals surface area (Å²) >= 11 is 0. The fourth-order valence-corrected chi connectivity index (χ4v) is 4.84. The van der Waals surface area contributed by atoms with E-state index in [1.807, 2.05) is 18.2 Å². The molecule has 1 aliphatic heterocycles. The molecule has 2 aliphatic rings. The predicted octanol–water partition coefficient (Wildman–Crippen LogP) is 4.63. The number of anilines is 2. The topological polar surface area (TPSA) is 88.1 Å². The van der Waals surface area contributed by atoms with Crippen LogP contribution in [0.3, 0.4) is 0 Å². The Morgan fingerprint density at radius 3 is 2.55 bits per heavy atom. The van der Waals surface area contributed by atoms with Gasteiger partial charge in [-0.25, -0.2) is 9.97 Å². The van der Waals surface area contributed by atoms with E-state index in [9.17, 15) is 5.26 Å². The van der Waals surface area contributed by atoms with Crippen molar-refractivity contribution in [1.29, 1.82) is 5.26 Å². The lowest BCUT2D eigenvalue weighted by molar-refractivity contribution is 0.122. The smallest absolute Gasteiger partial charge is 0.142 e. The summed E-state index contributed by atoms with van der Waals surface area (Å²) in [5.74, 6) is 1.61. The molecule has 0 amide bonds. The molecule has 2 fully saturated rings. The SMILES string of the molecule is N#Cc1c(-c2cc3ccccc3nc2N2CCOCC2)cc(C2CCCCC2)nc1N. The van der Waals surface area contributed by atoms with Gasteiger partial charge in [-0.2, -0.15) is 5.26 Å². The van der Waals surface area contributed by atoms with Crippen molar-refractivity contribution >= 4 is 22.5 Å². The molecule has 2 aromatic heterocycles. The van der Waals surface area contributed by atoms with Crippen LogP contribution < -0.4 is 10.6 Å². The highest BCUT2D eigenvalue weighted by Crippen LogP contribution is 2.39. The van der Waals surface area contributed by atoms with Crippen LogP contribution in [0.1, 0.15) is 49.3 Å². The summed E-state index contributed by atoms with van der Waals surface area (Å²) in [5.41, 5.74) is 10.5. The molecular weight excluding hydrogens is 386 g/mol. The number of rotatable bonds is 3. The molecule has 1 saturated heterocycles. The number of para-hydroxylation sites is 1. The highest BCUT2D eigenvalue weighted by Gasteiger charge is 2.24. The molecule has 0 radical (unpaired) electrons. The average molecular weight is 414 g/mol. The molecule has 2 N–H and O–H groups in total. The summed E-state index contributed by atoms with van der Waals surface area (Å²) in [5, 5.41) is 11.0. The van der Waals surface area contributed by atoms with E-state index in [1.54, 1.807) is 0 Å². The first kappa shape index (κ1) is 19.8. The molecule has 158 valence electrons. The van der Waals surface area contributed by atoms with E-state index in [0.717, 1.165) is 59.5 Å². The first-order valence-electron chi connectivity index (χ1n) is 11.2. The Hall–Kier alpha value is -3.17. The van der Waals surface area contributed by atoms with Crippen LogP contribution in [0.4, 0.5) is 11.6 Å². The second-order valence-corrected chi connectivity index (χ2v) is 8.45. The number of nitrogens with two attached hydrogens (primary N) is 1. The number of pyridine rings is 2. The van der Waals surface area contributed by atoms with E-state index < -0.39 is 0 Å². The largest absolute Gasteiger partial charge is 0.383 e. The number of nitrogen functional groups attached to an aromatic ring is 1. The Bertz CT molecular complexity index is 1140. The molecule has 0 atom stereocenters. The van der Waals surface area contributed by atoms with Gasteiger partial charge in [0.05, 0.1) is 18.7 Å². The Morgan fingerprint density at radius 1 is 1.00 bits per heavy atom. The van der Waals surface area contributed by atoms with Gasteiger partial charge in [-0.3, -0.25) is 0 Å². The van der Waals surface area contributed by atoms with E-state index in [4.69, 9.17) is 15.5 Å². The molecule has 1 aromatic carbocycles. The van der Waals surface area contributed by atoms with Crippen LogP contribution in [0.2, 0.25) is 0 Å². The molecule has 0 bridgehead atoms. The highest BCUT2D eigenvalue weighted by molar-refractivity contribution is 5.92. The zero-order chi connectivity index (χ0) is 21.2. The maximum atomic E-state index is 9.95. The second-order valence-electron chi connectivity index (χ2n) is 8.45. The molecule has 0 unspecified atom stereocenters. The van der Waals surface area contributed by atoms with Crippen LogP contribution in [0.25, 0.3) is 22.0 Å². The molecule has 31 heavy (non-hydrogen) atoms. The molecule has 3 aromatic rings. The van der Waals surface area contributed by atoms with Crippen molar-refractivity contribution in [3.8, 4) is 17.2 Å². The fourth-order valence-electron chi connectivity index (χ4n) is 4.84. The number of morpholine rings is 1. The number of fused-ring (bicyclic) bond motifs is 1. The normalized spacial score (nSPS) is 17.6. The molecular formula is C25H27N5O. The minimum atomic E-state index is 0.321. The van der Waals surface area contributed by atoms with Crippen LogP contribution in [0.15, 0.2) is 36.4 Å². The van der Waals surface area contributed by atoms with Gasteiger partial charge in [0, 0.05) is 41.2 Å². The van der Waals surface area contributed by atoms with E-state index in [0.29, 0.717) is 30.5 Å². The van der Waals surface area contributed by atoms with Crippen molar-refractivity contribution in [3.63, 3.8) is 0 Å². The van der Waals surface area contributed by atoms with E-state index in [1.165, 1.54) is 19.3 Å². The van der Waals surface area contributed by atoms with Gasteiger partial charge in [0.2, 0.25) is 0 Å². The first-order valence-corrected chi connectivity index (χ1v) is 11.2. The number of aromatic nitrogens is 2. The van der Waals surface area contributed by atoms with E-state index >= 15 is 0 Å². The number of hydrogen-bond acceptors (Lipinski definition) is 6. The lowest BCUT2D eigenvalue weighted by Gasteiger charge is -2.30. The van der Waals surface area contributed by atoms with Crippen LogP contribution >= 0.6 is 0 Å². The van der Waals surface area contributed by atoms with Crippen molar-refractivity contribution in [2.24, 2.45) is 0 Å². The van der Waals surface area contributed by atoms with Crippen LogP contribution in [-0.2, 0) is 4.74 Å². The molecule has 0 spiro atoms. The van der Waals surface area contributed by atoms with E-state index in [-0.39, 0.29) is 0 Å². The van der Waals surface area contributed by atoms with Crippen molar-refractivity contribution in [2.45, 2.75) is 38.0 Å². The number of nitrogens with zero attached hydrogens (tertiary/aromatic N) is 4. The van der Waals surface area contributed by atoms with Crippen molar-refractivity contribution < 1.29 is 4.74 Å². The molecule has 1 aliphatic carbocycles. The zero-order valence-electron chi connectivity index (χ0n) is 17.7. The van der Waals surface area contributed by atoms with E-state index in [2.05, 4.69) is 34.2 Å². The summed E-state index contributed by atoms with van der Waals surface area (Å²) in [4.78, 5) is 11.9. The Morgan fingerprint density at radius 2 is 1.77 bits per heavy atom. The third kappa shape index (κ3) is 3.82. The maximum Gasteiger partial charge on any atom is 0.142 e. The molecule has 6 nitrogen and oxygen atoms in total. The zero-order valence-corrected chi connectivity index (χ0v) is 17.7. The van der Waals surface area contributed by atoms with Gasteiger partial charge in [0.25, 0.3) is 0 Å². The summed E-state index contributed by atoms with van der Waals surface area (Å²) in [7, 11) is 0. The lowest BCUT2D eigenvalue weighted by Crippen LogP contribution is -2.37. The Labute approximate surface area is 182 Å². The molecule has 5 rings (SSSR count). The summed E-state index contributed by atoms with van der Waals surface area (Å²) in [6, 6.07) is 14.7. The predicted molar refractivity (Wildman–Crippen MR) is 123 cm³/mol. The number of nitriles is 1. The quantitative estimate of drug-likeness (QED) is 0.673. The molecule has 1 saturated carbocycles. The molecule has 6 heteroatoms. The van der Waals surface area contributed by atoms with Crippen molar-refractivity contribution in [1.82, 2.24) is 9.97 Å². The van der Waals surface area contributed by atoms with Gasteiger partial charge in [0.1, 0.15) is 23.3 Å². The summed E-state index contributed by atoms with van der Waals surface area (Å²) < 4.78 is 5.56. The van der Waals surface area contributed by atoms with Crippen LogP contribution in [0.5, 0.6) is 0 Å². The van der Waals surface area contributed by atoms with Crippen molar-refractivity contribution in [3.05, 3.63) is 47.7 Å². The third-order valence-electron chi connectivity index (χ3n) is 6.51. The Balaban J connectivity index is 1.71. The lowest BCUT2D eigenvalue weighted by atomic mass is 9.85. The van der Waals surface area contributed by atoms with Gasteiger partial charge in [0.15, 0.2) is 0 Å². The van der Waals surface area contributed by atoms with Crippen LogP contribution in [-0.4, -0.2) is 36.3 Å². The van der Waals surface area contributed by atoms with Gasteiger partial charge >= 0.3 is 0 Å². The number of hydrogen-bond donors (Lipinski definition) is 1. The minimum absolute atomic E-state index is 0.321. The van der Waals surface area contributed by atoms with Crippen LogP contribution in [0, 0.1) is 11.3 Å². The average Bonchev–Trinajstić information content (AvgIpc) is 2.84. The third-order valence-corrected chi connectivity index (χ3v) is 6.51. The number of benzene rings is 1. The minimum Gasteiger partial charge on any atom is -0.383 e. The van der Waals surface area contributed by atoms with Crippen molar-refractivity contribution in [2.75, 3.05) is 36.9 Å². The van der Waals surface area contributed by atoms with Gasteiger partial charge < -0.3 is 15.4 Å². The fraction of sp³-hybridized carbons (Fsp3) is 0.400. The maximum absolute atomic E-state index is 9.95. The second kappa shape index (κ2) is 8.52. The highest BCUT2D eigenvalue weighted by atomic mass is 16.5. The number of ether oxygens (including phenoxy) is 1. The standard InChI is InChI=1S/C25H27N5O/c26-16-21-19(15-23(28-24(21)27)17-6-2-1-3-7-17)20-14-18-8-4-5-9-22(18)29-25(20)30-10-12-31-13-11-30/h4-5,8-9,14-15,17H,1-3,6-7,10-13H2,(H2,27,28). The summed E-state index contributed by atoms with van der Waals surface area (Å²) in [6.45, 7) is 2.89. The summed E-state index contributed by atoms with van der Waals surface area (Å²) in [6.07, 6.45) is 5.98. The van der Waals surface area contributed by atoms with Gasteiger partial charge in [-0.05, 0) is 31.0 Å². The first-order chi connectivity index (χ1) is 15.2. The Kier molecular flexibility index (Phi) is 5.44. The van der Waals surface area contributed by atoms with Gasteiger partial charge in [-0.1, -0.05) is 37.5 Å².